The van der Waals surface area contributed by atoms with Crippen molar-refractivity contribution in [2.24, 2.45) is 0 Å². The summed E-state index contributed by atoms with van der Waals surface area (Å²) >= 11 is 0. The van der Waals surface area contributed by atoms with Crippen LogP contribution in [0.4, 0.5) is 0 Å². The normalized spacial score (nSPS) is 20.9. The van der Waals surface area contributed by atoms with Gasteiger partial charge in [-0.05, 0) is 47.2 Å². The van der Waals surface area contributed by atoms with Crippen LogP contribution in [0.25, 0.3) is 0 Å². The number of hydrogen-bond acceptors (Lipinski definition) is 2. The molecule has 1 unspecified atom stereocenters. The summed E-state index contributed by atoms with van der Waals surface area (Å²) in [5.74, 6) is 1.52. The van der Waals surface area contributed by atoms with Gasteiger partial charge in [-0.3, -0.25) is 0 Å². The van der Waals surface area contributed by atoms with E-state index in [1.807, 2.05) is 24.3 Å². The Morgan fingerprint density at radius 3 is 1.96 bits per heavy atom. The van der Waals surface area contributed by atoms with E-state index >= 15 is 0 Å². The van der Waals surface area contributed by atoms with Crippen molar-refractivity contribution in [1.82, 2.24) is 0 Å². The fraction of sp³-hybridized carbons (Fsp3) is 0.273. The van der Waals surface area contributed by atoms with Gasteiger partial charge in [0, 0.05) is 11.8 Å². The van der Waals surface area contributed by atoms with Crippen LogP contribution in [0, 0.1) is 0 Å². The average molecular weight is 320 g/mol. The van der Waals surface area contributed by atoms with Gasteiger partial charge in [0.2, 0.25) is 0 Å². The maximum absolute atomic E-state index is 10.1. The summed E-state index contributed by atoms with van der Waals surface area (Å²) in [7, 11) is 0. The molecule has 1 atom stereocenters. The molecule has 2 heteroatoms. The summed E-state index contributed by atoms with van der Waals surface area (Å²) < 4.78 is 0. The smallest absolute Gasteiger partial charge is 0.119 e. The van der Waals surface area contributed by atoms with Crippen molar-refractivity contribution in [2.75, 3.05) is 0 Å². The van der Waals surface area contributed by atoms with Gasteiger partial charge in [-0.1, -0.05) is 62.4 Å². The third-order valence-corrected chi connectivity index (χ3v) is 4.91. The fourth-order valence-electron chi connectivity index (χ4n) is 3.14. The second-order valence-electron chi connectivity index (χ2n) is 6.54. The van der Waals surface area contributed by atoms with Crippen molar-refractivity contribution in [3.05, 3.63) is 83.5 Å². The fourth-order valence-corrected chi connectivity index (χ4v) is 3.14. The van der Waals surface area contributed by atoms with E-state index in [0.29, 0.717) is 17.4 Å². The first-order valence-electron chi connectivity index (χ1n) is 8.57. The summed E-state index contributed by atoms with van der Waals surface area (Å²) in [6.45, 7) is 4.28. The van der Waals surface area contributed by atoms with Gasteiger partial charge in [0.05, 0.1) is 0 Å². The molecule has 0 aliphatic heterocycles. The summed E-state index contributed by atoms with van der Waals surface area (Å²) in [5, 5.41) is 19.5. The van der Waals surface area contributed by atoms with E-state index < -0.39 is 0 Å². The van der Waals surface area contributed by atoms with Crippen molar-refractivity contribution in [1.29, 1.82) is 0 Å². The molecule has 0 heterocycles. The summed E-state index contributed by atoms with van der Waals surface area (Å²) in [5.41, 5.74) is 3.40. The Labute approximate surface area is 143 Å². The second kappa shape index (κ2) is 6.96. The van der Waals surface area contributed by atoms with Crippen molar-refractivity contribution in [2.45, 2.75) is 38.0 Å². The van der Waals surface area contributed by atoms with Crippen molar-refractivity contribution < 1.29 is 10.2 Å². The van der Waals surface area contributed by atoms with Gasteiger partial charge in [-0.15, -0.1) is 0 Å². The molecule has 0 aromatic heterocycles. The van der Waals surface area contributed by atoms with E-state index in [0.717, 1.165) is 12.0 Å². The first-order chi connectivity index (χ1) is 11.6. The van der Waals surface area contributed by atoms with Crippen LogP contribution < -0.4 is 0 Å². The number of phenols is 2. The molecule has 1 aliphatic carbocycles. The third kappa shape index (κ3) is 3.38. The van der Waals surface area contributed by atoms with Crippen LogP contribution in [-0.4, -0.2) is 10.2 Å². The van der Waals surface area contributed by atoms with E-state index in [4.69, 9.17) is 0 Å². The molecule has 0 spiro atoms. The minimum atomic E-state index is 0.238. The molecule has 0 saturated heterocycles. The highest BCUT2D eigenvalue weighted by molar-refractivity contribution is 5.44. The lowest BCUT2D eigenvalue weighted by Crippen LogP contribution is -2.02. The first kappa shape index (κ1) is 16.4. The van der Waals surface area contributed by atoms with Crippen LogP contribution in [-0.2, 0) is 0 Å². The molecule has 2 nitrogen and oxygen atoms in total. The predicted octanol–water partition coefficient (Wildman–Crippen LogP) is 5.60. The number of benzene rings is 2. The number of aromatic hydroxyl groups is 2. The van der Waals surface area contributed by atoms with Gasteiger partial charge in [-0.25, -0.2) is 0 Å². The second-order valence-corrected chi connectivity index (χ2v) is 6.54. The molecule has 2 aromatic rings. The highest BCUT2D eigenvalue weighted by Crippen LogP contribution is 2.34. The van der Waals surface area contributed by atoms with E-state index in [-0.39, 0.29) is 11.8 Å². The van der Waals surface area contributed by atoms with Crippen molar-refractivity contribution in [3.8, 4) is 11.5 Å². The quantitative estimate of drug-likeness (QED) is 0.719. The third-order valence-electron chi connectivity index (χ3n) is 4.91. The van der Waals surface area contributed by atoms with E-state index in [1.165, 1.54) is 11.1 Å². The van der Waals surface area contributed by atoms with Crippen molar-refractivity contribution in [3.63, 3.8) is 0 Å². The van der Waals surface area contributed by atoms with Crippen LogP contribution in [0.3, 0.4) is 0 Å². The van der Waals surface area contributed by atoms with Gasteiger partial charge in [0.15, 0.2) is 0 Å². The van der Waals surface area contributed by atoms with Gasteiger partial charge < -0.3 is 10.2 Å². The molecule has 1 aliphatic rings. The standard InChI is InChI=1S/C22H24O2/c1-3-15(2)21-14-19(10-13-22(21)24)18-6-4-16(5-7-18)17-8-11-20(23)12-9-17/h4-16,18,23-24H,3H2,1-2H3. The zero-order valence-corrected chi connectivity index (χ0v) is 14.2. The summed E-state index contributed by atoms with van der Waals surface area (Å²) in [6.07, 6.45) is 9.84. The highest BCUT2D eigenvalue weighted by Gasteiger charge is 2.16. The molecule has 0 amide bonds. The Kier molecular flexibility index (Phi) is 4.75. The van der Waals surface area contributed by atoms with Crippen LogP contribution in [0.5, 0.6) is 11.5 Å². The maximum Gasteiger partial charge on any atom is 0.119 e. The van der Waals surface area contributed by atoms with Crippen LogP contribution in [0.15, 0.2) is 66.8 Å². The minimum absolute atomic E-state index is 0.238. The van der Waals surface area contributed by atoms with Crippen LogP contribution >= 0.6 is 0 Å². The maximum atomic E-state index is 10.1. The largest absolute Gasteiger partial charge is 0.508 e. The molecule has 0 bridgehead atoms. The monoisotopic (exact) mass is 320 g/mol. The average Bonchev–Trinajstić information content (AvgIpc) is 2.62. The van der Waals surface area contributed by atoms with Gasteiger partial charge >= 0.3 is 0 Å². The lowest BCUT2D eigenvalue weighted by molar-refractivity contribution is 0.461. The lowest BCUT2D eigenvalue weighted by Gasteiger charge is -2.20. The van der Waals surface area contributed by atoms with Crippen LogP contribution in [0.1, 0.15) is 54.7 Å². The Hall–Kier alpha value is -2.48. The lowest BCUT2D eigenvalue weighted by atomic mass is 9.85. The molecule has 0 saturated carbocycles. The molecule has 0 fully saturated rings. The SMILES string of the molecule is CCC(C)c1cc(C2C=CC(c3ccc(O)cc3)C=C2)ccc1O. The Morgan fingerprint density at radius 1 is 0.833 bits per heavy atom. The Bertz CT molecular complexity index is 742. The van der Waals surface area contributed by atoms with Crippen LogP contribution in [0.2, 0.25) is 0 Å². The van der Waals surface area contributed by atoms with E-state index in [1.54, 1.807) is 12.1 Å². The molecule has 2 aromatic carbocycles. The van der Waals surface area contributed by atoms with E-state index in [2.05, 4.69) is 44.2 Å². The zero-order chi connectivity index (χ0) is 17.1. The molecule has 124 valence electrons. The molecule has 3 rings (SSSR count). The predicted molar refractivity (Wildman–Crippen MR) is 98.7 cm³/mol. The molecular weight excluding hydrogens is 296 g/mol. The topological polar surface area (TPSA) is 40.5 Å². The first-order valence-corrected chi connectivity index (χ1v) is 8.57. The van der Waals surface area contributed by atoms with Gasteiger partial charge in [0.25, 0.3) is 0 Å². The zero-order valence-electron chi connectivity index (χ0n) is 14.2. The molecule has 2 N–H and O–H groups in total. The highest BCUT2D eigenvalue weighted by atomic mass is 16.3. The van der Waals surface area contributed by atoms with Crippen molar-refractivity contribution >= 4 is 0 Å². The molecule has 0 radical (unpaired) electrons. The minimum Gasteiger partial charge on any atom is -0.508 e. The Balaban J connectivity index is 1.80. The molecular formula is C22H24O2. The number of rotatable bonds is 4. The van der Waals surface area contributed by atoms with E-state index in [9.17, 15) is 10.2 Å². The molecule has 24 heavy (non-hydrogen) atoms. The summed E-state index contributed by atoms with van der Waals surface area (Å²) in [6, 6.07) is 13.3. The van der Waals surface area contributed by atoms with Gasteiger partial charge in [0.1, 0.15) is 11.5 Å². The number of allylic oxidation sites excluding steroid dienone is 4. The number of hydrogen-bond donors (Lipinski definition) is 2. The van der Waals surface area contributed by atoms with Gasteiger partial charge in [-0.2, -0.15) is 0 Å². The Morgan fingerprint density at radius 2 is 1.38 bits per heavy atom. The number of phenolic OH excluding ortho intramolecular Hbond substituents is 2. The summed E-state index contributed by atoms with van der Waals surface area (Å²) in [4.78, 5) is 0.